The monoisotopic (exact) mass is 317 g/mol. The SMILES string of the molecule is Cc1nc(CSc2nnc(CN)n2CC(C)C)n[nH]1.Cl. The average Bonchev–Trinajstić information content (AvgIpc) is 2.93. The van der Waals surface area contributed by atoms with Gasteiger partial charge < -0.3 is 10.3 Å². The number of aromatic nitrogens is 6. The molecular weight excluding hydrogens is 298 g/mol. The second kappa shape index (κ2) is 7.61. The van der Waals surface area contributed by atoms with E-state index in [4.69, 9.17) is 5.73 Å². The summed E-state index contributed by atoms with van der Waals surface area (Å²) in [5.74, 6) is 3.61. The standard InChI is InChI=1S/C11H19N7S.ClH/c1-7(2)5-18-10(4-12)16-17-11(18)19-6-9-13-8(3)14-15-9;/h7H,4-6,12H2,1-3H3,(H,13,14,15);1H. The number of H-pyrrole nitrogens is 1. The summed E-state index contributed by atoms with van der Waals surface area (Å²) in [7, 11) is 0. The highest BCUT2D eigenvalue weighted by Crippen LogP contribution is 2.21. The number of nitrogens with one attached hydrogen (secondary N) is 1. The van der Waals surface area contributed by atoms with Gasteiger partial charge in [0.05, 0.1) is 12.3 Å². The van der Waals surface area contributed by atoms with Crippen molar-refractivity contribution in [1.82, 2.24) is 29.9 Å². The van der Waals surface area contributed by atoms with Crippen molar-refractivity contribution in [2.45, 2.75) is 44.8 Å². The van der Waals surface area contributed by atoms with Crippen LogP contribution >= 0.6 is 24.2 Å². The molecule has 20 heavy (non-hydrogen) atoms. The van der Waals surface area contributed by atoms with Crippen LogP contribution in [0, 0.1) is 12.8 Å². The molecule has 2 aromatic rings. The molecule has 2 heterocycles. The summed E-state index contributed by atoms with van der Waals surface area (Å²) in [6.07, 6.45) is 0. The van der Waals surface area contributed by atoms with Gasteiger partial charge in [-0.3, -0.25) is 5.10 Å². The van der Waals surface area contributed by atoms with Crippen LogP contribution in [0.4, 0.5) is 0 Å². The van der Waals surface area contributed by atoms with Crippen molar-refractivity contribution >= 4 is 24.2 Å². The van der Waals surface area contributed by atoms with Crippen LogP contribution in [0.2, 0.25) is 0 Å². The predicted octanol–water partition coefficient (Wildman–Crippen LogP) is 1.53. The fourth-order valence-electron chi connectivity index (χ4n) is 1.71. The molecule has 0 aliphatic heterocycles. The number of halogens is 1. The Morgan fingerprint density at radius 2 is 2.10 bits per heavy atom. The van der Waals surface area contributed by atoms with Gasteiger partial charge in [-0.1, -0.05) is 25.6 Å². The quantitative estimate of drug-likeness (QED) is 0.784. The van der Waals surface area contributed by atoms with Crippen molar-refractivity contribution in [2.24, 2.45) is 11.7 Å². The fourth-order valence-corrected chi connectivity index (χ4v) is 2.53. The van der Waals surface area contributed by atoms with Crippen molar-refractivity contribution in [2.75, 3.05) is 0 Å². The zero-order valence-corrected chi connectivity index (χ0v) is 13.5. The summed E-state index contributed by atoms with van der Waals surface area (Å²) in [6.45, 7) is 7.48. The zero-order chi connectivity index (χ0) is 13.8. The predicted molar refractivity (Wildman–Crippen MR) is 80.7 cm³/mol. The normalized spacial score (nSPS) is 10.8. The first kappa shape index (κ1) is 16.9. The molecule has 0 amide bonds. The van der Waals surface area contributed by atoms with Crippen molar-refractivity contribution < 1.29 is 0 Å². The number of hydrogen-bond acceptors (Lipinski definition) is 6. The third-order valence-electron chi connectivity index (χ3n) is 2.50. The molecule has 112 valence electrons. The highest BCUT2D eigenvalue weighted by molar-refractivity contribution is 7.98. The van der Waals surface area contributed by atoms with E-state index in [-0.39, 0.29) is 12.4 Å². The van der Waals surface area contributed by atoms with Gasteiger partial charge in [0.2, 0.25) is 0 Å². The minimum absolute atomic E-state index is 0. The summed E-state index contributed by atoms with van der Waals surface area (Å²) in [5.41, 5.74) is 5.69. The van der Waals surface area contributed by atoms with Crippen LogP contribution in [0.1, 0.15) is 31.3 Å². The van der Waals surface area contributed by atoms with Gasteiger partial charge in [-0.15, -0.1) is 22.6 Å². The van der Waals surface area contributed by atoms with Crippen LogP contribution in [0.5, 0.6) is 0 Å². The molecule has 0 radical (unpaired) electrons. The number of aryl methyl sites for hydroxylation is 1. The fraction of sp³-hybridized carbons (Fsp3) is 0.636. The first-order valence-electron chi connectivity index (χ1n) is 6.23. The van der Waals surface area contributed by atoms with Gasteiger partial charge in [-0.25, -0.2) is 4.98 Å². The first-order valence-corrected chi connectivity index (χ1v) is 7.21. The smallest absolute Gasteiger partial charge is 0.191 e. The van der Waals surface area contributed by atoms with Crippen molar-refractivity contribution in [3.05, 3.63) is 17.5 Å². The van der Waals surface area contributed by atoms with Gasteiger partial charge >= 0.3 is 0 Å². The second-order valence-electron chi connectivity index (χ2n) is 4.73. The lowest BCUT2D eigenvalue weighted by Gasteiger charge is -2.10. The van der Waals surface area contributed by atoms with E-state index in [1.165, 1.54) is 0 Å². The van der Waals surface area contributed by atoms with Crippen molar-refractivity contribution in [1.29, 1.82) is 0 Å². The number of hydrogen-bond donors (Lipinski definition) is 2. The summed E-state index contributed by atoms with van der Waals surface area (Å²) >= 11 is 1.58. The van der Waals surface area contributed by atoms with E-state index in [0.29, 0.717) is 18.2 Å². The molecule has 2 aromatic heterocycles. The second-order valence-corrected chi connectivity index (χ2v) is 5.68. The Labute approximate surface area is 128 Å². The van der Waals surface area contributed by atoms with Crippen LogP contribution in [-0.2, 0) is 18.8 Å². The largest absolute Gasteiger partial charge is 0.324 e. The molecule has 0 saturated heterocycles. The van der Waals surface area contributed by atoms with E-state index < -0.39 is 0 Å². The average molecular weight is 318 g/mol. The molecule has 0 bridgehead atoms. The molecule has 0 fully saturated rings. The van der Waals surface area contributed by atoms with Gasteiger partial charge in [-0.05, 0) is 12.8 Å². The molecule has 0 aromatic carbocycles. The van der Waals surface area contributed by atoms with Gasteiger partial charge in [0.25, 0.3) is 0 Å². The lowest BCUT2D eigenvalue weighted by molar-refractivity contribution is 0.480. The molecule has 3 N–H and O–H groups in total. The van der Waals surface area contributed by atoms with E-state index in [1.54, 1.807) is 11.8 Å². The number of rotatable bonds is 6. The number of nitrogens with two attached hydrogens (primary N) is 1. The van der Waals surface area contributed by atoms with Gasteiger partial charge in [0.15, 0.2) is 11.0 Å². The summed E-state index contributed by atoms with van der Waals surface area (Å²) in [5, 5.41) is 16.1. The molecule has 0 unspecified atom stereocenters. The van der Waals surface area contributed by atoms with E-state index in [0.717, 1.165) is 29.2 Å². The first-order chi connectivity index (χ1) is 9.10. The molecule has 0 saturated carbocycles. The zero-order valence-electron chi connectivity index (χ0n) is 11.8. The van der Waals surface area contributed by atoms with Crippen LogP contribution in [0.15, 0.2) is 5.16 Å². The Balaban J connectivity index is 0.00000200. The number of aromatic amines is 1. The summed E-state index contributed by atoms with van der Waals surface area (Å²) < 4.78 is 2.08. The van der Waals surface area contributed by atoms with Gasteiger partial charge in [0, 0.05) is 6.54 Å². The molecular formula is C11H20ClN7S. The summed E-state index contributed by atoms with van der Waals surface area (Å²) in [4.78, 5) is 4.27. The summed E-state index contributed by atoms with van der Waals surface area (Å²) in [6, 6.07) is 0. The lowest BCUT2D eigenvalue weighted by atomic mass is 10.2. The van der Waals surface area contributed by atoms with Gasteiger partial charge in [-0.2, -0.15) is 5.10 Å². The minimum atomic E-state index is 0. The Kier molecular flexibility index (Phi) is 6.44. The lowest BCUT2D eigenvalue weighted by Crippen LogP contribution is -2.12. The highest BCUT2D eigenvalue weighted by Gasteiger charge is 2.13. The topological polar surface area (TPSA) is 98.3 Å². The maximum Gasteiger partial charge on any atom is 0.191 e. The third-order valence-corrected chi connectivity index (χ3v) is 3.46. The van der Waals surface area contributed by atoms with E-state index in [1.807, 2.05) is 6.92 Å². The van der Waals surface area contributed by atoms with Gasteiger partial charge in [0.1, 0.15) is 11.6 Å². The molecule has 0 spiro atoms. The Morgan fingerprint density at radius 1 is 1.35 bits per heavy atom. The Hall–Kier alpha value is -1.12. The molecule has 0 atom stereocenters. The maximum absolute atomic E-state index is 5.69. The van der Waals surface area contributed by atoms with Crippen LogP contribution < -0.4 is 5.73 Å². The molecule has 0 aliphatic carbocycles. The Morgan fingerprint density at radius 3 is 2.65 bits per heavy atom. The van der Waals surface area contributed by atoms with E-state index in [2.05, 4.69) is 43.8 Å². The third kappa shape index (κ3) is 4.19. The van der Waals surface area contributed by atoms with E-state index in [9.17, 15) is 0 Å². The van der Waals surface area contributed by atoms with Crippen molar-refractivity contribution in [3.8, 4) is 0 Å². The molecule has 0 aliphatic rings. The van der Waals surface area contributed by atoms with Crippen LogP contribution in [-0.4, -0.2) is 29.9 Å². The van der Waals surface area contributed by atoms with E-state index >= 15 is 0 Å². The molecule has 2 rings (SSSR count). The number of thioether (sulfide) groups is 1. The van der Waals surface area contributed by atoms with Crippen LogP contribution in [0.3, 0.4) is 0 Å². The van der Waals surface area contributed by atoms with Crippen molar-refractivity contribution in [3.63, 3.8) is 0 Å². The highest BCUT2D eigenvalue weighted by atomic mass is 35.5. The molecule has 9 heteroatoms. The maximum atomic E-state index is 5.69. The molecule has 7 nitrogen and oxygen atoms in total. The number of nitrogens with zero attached hydrogens (tertiary/aromatic N) is 5. The van der Waals surface area contributed by atoms with Crippen LogP contribution in [0.25, 0.3) is 0 Å². The Bertz CT molecular complexity index is 537. The minimum Gasteiger partial charge on any atom is -0.324 e.